The van der Waals surface area contributed by atoms with Gasteiger partial charge in [0.15, 0.2) is 5.69 Å². The highest BCUT2D eigenvalue weighted by Gasteiger charge is 2.39. The molecule has 11 heteroatoms. The third-order valence-electron chi connectivity index (χ3n) is 4.76. The van der Waals surface area contributed by atoms with Gasteiger partial charge in [-0.15, -0.1) is 0 Å². The number of benzene rings is 2. The fourth-order valence-corrected chi connectivity index (χ4v) is 3.16. The van der Waals surface area contributed by atoms with Gasteiger partial charge in [-0.3, -0.25) is 9.59 Å². The topological polar surface area (TPSA) is 94.5 Å². The van der Waals surface area contributed by atoms with Crippen LogP contribution in [-0.4, -0.2) is 47.9 Å². The molecule has 0 spiro atoms. The lowest BCUT2D eigenvalue weighted by molar-refractivity contribution is -0.141. The molecule has 0 radical (unpaired) electrons. The summed E-state index contributed by atoms with van der Waals surface area (Å²) in [5, 5.41) is 8.56. The van der Waals surface area contributed by atoms with E-state index in [-0.39, 0.29) is 19.0 Å². The molecule has 0 aliphatic heterocycles. The lowest BCUT2D eigenvalue weighted by Crippen LogP contribution is -2.35. The quantitative estimate of drug-likeness (QED) is 0.421. The van der Waals surface area contributed by atoms with E-state index in [1.807, 2.05) is 13.8 Å². The maximum Gasteiger partial charge on any atom is 0.435 e. The monoisotopic (exact) mass is 490 g/mol. The van der Waals surface area contributed by atoms with E-state index in [9.17, 15) is 22.8 Å². The lowest BCUT2D eigenvalue weighted by Gasteiger charge is -2.09. The van der Waals surface area contributed by atoms with Crippen LogP contribution < -0.4 is 20.1 Å². The average Bonchev–Trinajstić information content (AvgIpc) is 3.29. The van der Waals surface area contributed by atoms with Gasteiger partial charge in [-0.2, -0.15) is 18.3 Å². The fourth-order valence-electron chi connectivity index (χ4n) is 3.16. The molecule has 0 aliphatic carbocycles. The summed E-state index contributed by atoms with van der Waals surface area (Å²) in [5.74, 6) is -0.154. The first kappa shape index (κ1) is 25.6. The van der Waals surface area contributed by atoms with Gasteiger partial charge in [0, 0.05) is 24.8 Å². The van der Waals surface area contributed by atoms with E-state index >= 15 is 0 Å². The van der Waals surface area contributed by atoms with E-state index < -0.39 is 23.3 Å². The molecule has 186 valence electrons. The molecule has 2 aromatic carbocycles. The molecule has 8 nitrogen and oxygen atoms in total. The van der Waals surface area contributed by atoms with Crippen molar-refractivity contribution in [2.75, 3.05) is 26.3 Å². The number of hydrogen-bond acceptors (Lipinski definition) is 5. The van der Waals surface area contributed by atoms with E-state index in [2.05, 4.69) is 15.7 Å². The van der Waals surface area contributed by atoms with E-state index in [0.717, 1.165) is 10.9 Å². The molecule has 0 fully saturated rings. The van der Waals surface area contributed by atoms with Gasteiger partial charge < -0.3 is 20.1 Å². The summed E-state index contributed by atoms with van der Waals surface area (Å²) in [6.45, 7) is 4.55. The standard InChI is InChI=1S/C24H25F3N4O4/c1-3-34-18-9-5-16(6-10-18)22(32)28-13-14-29-23(33)20-15-31(30-21(20)24(25,26)27)17-7-11-19(12-8-17)35-4-2/h5-12,15H,3-4,13-14H2,1-2H3,(H,28,32)(H,29,33). The molecular weight excluding hydrogens is 465 g/mol. The molecular formula is C24H25F3N4O4. The summed E-state index contributed by atoms with van der Waals surface area (Å²) in [4.78, 5) is 24.7. The van der Waals surface area contributed by atoms with Crippen molar-refractivity contribution < 1.29 is 32.2 Å². The SMILES string of the molecule is CCOc1ccc(C(=O)NCCNC(=O)c2cn(-c3ccc(OCC)cc3)nc2C(F)(F)F)cc1. The molecule has 3 aromatic rings. The summed E-state index contributed by atoms with van der Waals surface area (Å²) < 4.78 is 52.2. The summed E-state index contributed by atoms with van der Waals surface area (Å²) in [6, 6.07) is 12.8. The normalized spacial score (nSPS) is 11.1. The molecule has 3 rings (SSSR count). The van der Waals surface area contributed by atoms with E-state index in [1.165, 1.54) is 12.1 Å². The number of nitrogens with zero attached hydrogens (tertiary/aromatic N) is 2. The second kappa shape index (κ2) is 11.4. The van der Waals surface area contributed by atoms with Crippen molar-refractivity contribution in [1.82, 2.24) is 20.4 Å². The highest BCUT2D eigenvalue weighted by Crippen LogP contribution is 2.31. The lowest BCUT2D eigenvalue weighted by atomic mass is 10.2. The van der Waals surface area contributed by atoms with Crippen LogP contribution in [-0.2, 0) is 6.18 Å². The van der Waals surface area contributed by atoms with Crippen LogP contribution in [0.15, 0.2) is 54.7 Å². The second-order valence-corrected chi connectivity index (χ2v) is 7.23. The average molecular weight is 490 g/mol. The van der Waals surface area contributed by atoms with Crippen LogP contribution in [0.1, 0.15) is 40.3 Å². The number of rotatable bonds is 10. The Morgan fingerprint density at radius 3 is 1.89 bits per heavy atom. The molecule has 0 saturated carbocycles. The van der Waals surface area contributed by atoms with Crippen molar-refractivity contribution in [1.29, 1.82) is 0 Å². The maximum absolute atomic E-state index is 13.5. The van der Waals surface area contributed by atoms with Crippen LogP contribution in [0, 0.1) is 0 Å². The molecule has 0 bridgehead atoms. The predicted octanol–water partition coefficient (Wildman–Crippen LogP) is 3.85. The van der Waals surface area contributed by atoms with Crippen LogP contribution in [0.5, 0.6) is 11.5 Å². The number of hydrogen-bond donors (Lipinski definition) is 2. The van der Waals surface area contributed by atoms with Crippen LogP contribution in [0.4, 0.5) is 13.2 Å². The third-order valence-corrected chi connectivity index (χ3v) is 4.76. The minimum atomic E-state index is -4.83. The second-order valence-electron chi connectivity index (χ2n) is 7.23. The number of alkyl halides is 3. The van der Waals surface area contributed by atoms with Gasteiger partial charge in [0.25, 0.3) is 11.8 Å². The van der Waals surface area contributed by atoms with Gasteiger partial charge in [-0.05, 0) is 62.4 Å². The van der Waals surface area contributed by atoms with Gasteiger partial charge in [0.05, 0.1) is 24.5 Å². The Balaban J connectivity index is 1.62. The summed E-state index contributed by atoms with van der Waals surface area (Å²) in [7, 11) is 0. The molecule has 0 aliphatic rings. The van der Waals surface area contributed by atoms with E-state index in [1.54, 1.807) is 36.4 Å². The Kier molecular flexibility index (Phi) is 8.34. The number of ether oxygens (including phenoxy) is 2. The van der Waals surface area contributed by atoms with Gasteiger partial charge in [0.1, 0.15) is 11.5 Å². The molecule has 0 unspecified atom stereocenters. The molecule has 0 atom stereocenters. The Hall–Kier alpha value is -4.02. The maximum atomic E-state index is 13.5. The minimum Gasteiger partial charge on any atom is -0.494 e. The zero-order valence-electron chi connectivity index (χ0n) is 19.2. The van der Waals surface area contributed by atoms with Crippen molar-refractivity contribution in [2.45, 2.75) is 20.0 Å². The van der Waals surface area contributed by atoms with E-state index in [4.69, 9.17) is 9.47 Å². The number of carbonyl (C=O) groups excluding carboxylic acids is 2. The third kappa shape index (κ3) is 6.75. The molecule has 0 saturated heterocycles. The highest BCUT2D eigenvalue weighted by atomic mass is 19.4. The highest BCUT2D eigenvalue weighted by molar-refractivity contribution is 5.96. The minimum absolute atomic E-state index is 0.0200. The van der Waals surface area contributed by atoms with Gasteiger partial charge >= 0.3 is 6.18 Å². The zero-order valence-corrected chi connectivity index (χ0v) is 19.2. The van der Waals surface area contributed by atoms with Gasteiger partial charge in [-0.25, -0.2) is 4.68 Å². The Bertz CT molecular complexity index is 1140. The molecule has 35 heavy (non-hydrogen) atoms. The first-order valence-electron chi connectivity index (χ1n) is 10.9. The number of halogens is 3. The van der Waals surface area contributed by atoms with Crippen LogP contribution in [0.2, 0.25) is 0 Å². The van der Waals surface area contributed by atoms with Gasteiger partial charge in [-0.1, -0.05) is 0 Å². The van der Waals surface area contributed by atoms with Gasteiger partial charge in [0.2, 0.25) is 0 Å². The zero-order chi connectivity index (χ0) is 25.4. The van der Waals surface area contributed by atoms with Crippen molar-refractivity contribution in [3.05, 3.63) is 71.5 Å². The fraction of sp³-hybridized carbons (Fsp3) is 0.292. The smallest absolute Gasteiger partial charge is 0.435 e. The summed E-state index contributed by atoms with van der Waals surface area (Å²) >= 11 is 0. The van der Waals surface area contributed by atoms with Crippen LogP contribution >= 0.6 is 0 Å². The molecule has 2 amide bonds. The largest absolute Gasteiger partial charge is 0.494 e. The summed E-state index contributed by atoms with van der Waals surface area (Å²) in [5.41, 5.74) is -1.21. The van der Waals surface area contributed by atoms with Crippen LogP contribution in [0.25, 0.3) is 5.69 Å². The molecule has 1 heterocycles. The Labute approximate surface area is 200 Å². The predicted molar refractivity (Wildman–Crippen MR) is 122 cm³/mol. The van der Waals surface area contributed by atoms with E-state index in [0.29, 0.717) is 36.0 Å². The first-order chi connectivity index (χ1) is 16.7. The Morgan fingerprint density at radius 1 is 0.857 bits per heavy atom. The summed E-state index contributed by atoms with van der Waals surface area (Å²) in [6.07, 6.45) is -3.81. The van der Waals surface area contributed by atoms with Crippen molar-refractivity contribution >= 4 is 11.8 Å². The first-order valence-corrected chi connectivity index (χ1v) is 10.9. The van der Waals surface area contributed by atoms with Crippen molar-refractivity contribution in [3.63, 3.8) is 0 Å². The number of carbonyl (C=O) groups is 2. The number of aromatic nitrogens is 2. The number of amides is 2. The van der Waals surface area contributed by atoms with Crippen molar-refractivity contribution in [2.24, 2.45) is 0 Å². The van der Waals surface area contributed by atoms with Crippen molar-refractivity contribution in [3.8, 4) is 17.2 Å². The number of nitrogens with one attached hydrogen (secondary N) is 2. The Morgan fingerprint density at radius 2 is 1.37 bits per heavy atom. The van der Waals surface area contributed by atoms with Crippen LogP contribution in [0.3, 0.4) is 0 Å². The molecule has 2 N–H and O–H groups in total. The molecule has 1 aromatic heterocycles.